The fourth-order valence-corrected chi connectivity index (χ4v) is 4.62. The molecule has 154 valence electrons. The molecule has 4 heteroatoms. The highest BCUT2D eigenvalue weighted by molar-refractivity contribution is 5.97. The Bertz CT molecular complexity index is 825. The van der Waals surface area contributed by atoms with Crippen LogP contribution < -0.4 is 4.74 Å². The van der Waals surface area contributed by atoms with Crippen LogP contribution in [0.3, 0.4) is 0 Å². The number of rotatable bonds is 7. The molecule has 0 bridgehead atoms. The van der Waals surface area contributed by atoms with E-state index in [9.17, 15) is 9.18 Å². The standard InChI is InChI=1S/C25H30FNO2/c26-22-11-9-20(10-12-22)25(28)21-13-16-27(17-14-21)15-4-18-29-24-8-3-6-19-5-1-2-7-23(19)24/h3,6,8-12,21H,1-2,4-5,7,13-18H2. The third kappa shape index (κ3) is 5.05. The lowest BCUT2D eigenvalue weighted by Crippen LogP contribution is -2.37. The maximum absolute atomic E-state index is 13.1. The number of fused-ring (bicyclic) bond motifs is 1. The first-order valence-electron chi connectivity index (χ1n) is 11.0. The summed E-state index contributed by atoms with van der Waals surface area (Å²) >= 11 is 0. The van der Waals surface area contributed by atoms with Gasteiger partial charge in [0, 0.05) is 18.0 Å². The number of carbonyl (C=O) groups is 1. The maximum Gasteiger partial charge on any atom is 0.166 e. The van der Waals surface area contributed by atoms with Crippen LogP contribution in [-0.2, 0) is 12.8 Å². The second-order valence-electron chi connectivity index (χ2n) is 8.29. The quantitative estimate of drug-likeness (QED) is 0.484. The normalized spacial score (nSPS) is 17.7. The van der Waals surface area contributed by atoms with Crippen LogP contribution in [0.4, 0.5) is 4.39 Å². The Morgan fingerprint density at radius 3 is 2.59 bits per heavy atom. The van der Waals surface area contributed by atoms with Gasteiger partial charge in [-0.1, -0.05) is 12.1 Å². The first kappa shape index (κ1) is 20.1. The Labute approximate surface area is 172 Å². The lowest BCUT2D eigenvalue weighted by Gasteiger charge is -2.31. The predicted octanol–water partition coefficient (Wildman–Crippen LogP) is 5.07. The van der Waals surface area contributed by atoms with E-state index in [0.717, 1.165) is 57.7 Å². The average molecular weight is 396 g/mol. The van der Waals surface area contributed by atoms with E-state index in [0.29, 0.717) is 5.56 Å². The number of nitrogens with zero attached hydrogens (tertiary/aromatic N) is 1. The Kier molecular flexibility index (Phi) is 6.60. The van der Waals surface area contributed by atoms with Gasteiger partial charge in [0.1, 0.15) is 11.6 Å². The summed E-state index contributed by atoms with van der Waals surface area (Å²) in [5.74, 6) is 0.992. The molecule has 1 saturated heterocycles. The smallest absolute Gasteiger partial charge is 0.166 e. The fraction of sp³-hybridized carbons (Fsp3) is 0.480. The van der Waals surface area contributed by atoms with Crippen molar-refractivity contribution in [1.29, 1.82) is 0 Å². The summed E-state index contributed by atoms with van der Waals surface area (Å²) in [4.78, 5) is 15.0. The van der Waals surface area contributed by atoms with Gasteiger partial charge in [-0.05, 0) is 99.5 Å². The van der Waals surface area contributed by atoms with E-state index in [1.165, 1.54) is 42.5 Å². The van der Waals surface area contributed by atoms with E-state index in [1.807, 2.05) is 0 Å². The molecule has 2 aliphatic rings. The number of Topliss-reactive ketones (excluding diaryl/α,β-unsaturated/α-hetero) is 1. The molecule has 0 radical (unpaired) electrons. The molecule has 1 aliphatic carbocycles. The van der Waals surface area contributed by atoms with Crippen LogP contribution in [0, 0.1) is 11.7 Å². The number of ether oxygens (including phenoxy) is 1. The van der Waals surface area contributed by atoms with E-state index in [2.05, 4.69) is 23.1 Å². The lowest BCUT2D eigenvalue weighted by atomic mass is 9.89. The van der Waals surface area contributed by atoms with Gasteiger partial charge in [0.05, 0.1) is 6.61 Å². The maximum atomic E-state index is 13.1. The average Bonchev–Trinajstić information content (AvgIpc) is 2.77. The van der Waals surface area contributed by atoms with E-state index in [4.69, 9.17) is 4.74 Å². The largest absolute Gasteiger partial charge is 0.493 e. The molecule has 29 heavy (non-hydrogen) atoms. The molecule has 1 heterocycles. The number of ketones is 1. The molecular formula is C25H30FNO2. The number of aryl methyl sites for hydroxylation is 1. The molecule has 4 rings (SSSR count). The molecular weight excluding hydrogens is 365 g/mol. The van der Waals surface area contributed by atoms with Crippen molar-refractivity contribution in [1.82, 2.24) is 4.90 Å². The van der Waals surface area contributed by atoms with Crippen LogP contribution in [0.25, 0.3) is 0 Å². The zero-order valence-electron chi connectivity index (χ0n) is 17.0. The highest BCUT2D eigenvalue weighted by Crippen LogP contribution is 2.29. The van der Waals surface area contributed by atoms with Crippen molar-refractivity contribution in [2.75, 3.05) is 26.2 Å². The molecule has 0 aromatic heterocycles. The summed E-state index contributed by atoms with van der Waals surface area (Å²) in [5, 5.41) is 0. The SMILES string of the molecule is O=C(c1ccc(F)cc1)C1CCN(CCCOc2cccc3c2CCCC3)CC1. The van der Waals surface area contributed by atoms with Crippen LogP contribution in [0.5, 0.6) is 5.75 Å². The molecule has 0 amide bonds. The van der Waals surface area contributed by atoms with Gasteiger partial charge >= 0.3 is 0 Å². The van der Waals surface area contributed by atoms with Crippen LogP contribution in [0.2, 0.25) is 0 Å². The Morgan fingerprint density at radius 1 is 1.03 bits per heavy atom. The number of benzene rings is 2. The lowest BCUT2D eigenvalue weighted by molar-refractivity contribution is 0.0835. The predicted molar refractivity (Wildman–Crippen MR) is 113 cm³/mol. The van der Waals surface area contributed by atoms with Gasteiger partial charge in [-0.25, -0.2) is 4.39 Å². The summed E-state index contributed by atoms with van der Waals surface area (Å²) in [7, 11) is 0. The van der Waals surface area contributed by atoms with Crippen LogP contribution in [-0.4, -0.2) is 36.9 Å². The van der Waals surface area contributed by atoms with Gasteiger partial charge in [-0.15, -0.1) is 0 Å². The topological polar surface area (TPSA) is 29.5 Å². The Morgan fingerprint density at radius 2 is 1.79 bits per heavy atom. The fourth-order valence-electron chi connectivity index (χ4n) is 4.62. The van der Waals surface area contributed by atoms with Crippen molar-refractivity contribution < 1.29 is 13.9 Å². The zero-order valence-corrected chi connectivity index (χ0v) is 17.0. The van der Waals surface area contributed by atoms with E-state index in [-0.39, 0.29) is 17.5 Å². The van der Waals surface area contributed by atoms with Crippen molar-refractivity contribution in [3.05, 3.63) is 65.0 Å². The van der Waals surface area contributed by atoms with Gasteiger partial charge in [-0.3, -0.25) is 4.79 Å². The number of halogens is 1. The molecule has 0 saturated carbocycles. The Balaban J connectivity index is 1.19. The summed E-state index contributed by atoms with van der Waals surface area (Å²) in [6.45, 7) is 3.63. The van der Waals surface area contributed by atoms with E-state index in [1.54, 1.807) is 12.1 Å². The molecule has 0 atom stereocenters. The summed E-state index contributed by atoms with van der Waals surface area (Å²) < 4.78 is 19.2. The third-order valence-electron chi connectivity index (χ3n) is 6.32. The molecule has 2 aromatic carbocycles. The van der Waals surface area contributed by atoms with E-state index >= 15 is 0 Å². The highest BCUT2D eigenvalue weighted by atomic mass is 19.1. The van der Waals surface area contributed by atoms with Crippen LogP contribution in [0.1, 0.15) is 53.6 Å². The van der Waals surface area contributed by atoms with Gasteiger partial charge in [-0.2, -0.15) is 0 Å². The number of carbonyl (C=O) groups excluding carboxylic acids is 1. The van der Waals surface area contributed by atoms with Crippen molar-refractivity contribution in [3.8, 4) is 5.75 Å². The first-order valence-corrected chi connectivity index (χ1v) is 11.0. The summed E-state index contributed by atoms with van der Waals surface area (Å²) in [6, 6.07) is 12.4. The monoisotopic (exact) mass is 395 g/mol. The van der Waals surface area contributed by atoms with Crippen LogP contribution >= 0.6 is 0 Å². The van der Waals surface area contributed by atoms with Gasteiger partial charge in [0.2, 0.25) is 0 Å². The molecule has 0 N–H and O–H groups in total. The van der Waals surface area contributed by atoms with Gasteiger partial charge in [0.25, 0.3) is 0 Å². The van der Waals surface area contributed by atoms with Crippen molar-refractivity contribution in [3.63, 3.8) is 0 Å². The minimum Gasteiger partial charge on any atom is -0.493 e. The highest BCUT2D eigenvalue weighted by Gasteiger charge is 2.25. The van der Waals surface area contributed by atoms with Crippen LogP contribution in [0.15, 0.2) is 42.5 Å². The zero-order chi connectivity index (χ0) is 20.1. The number of likely N-dealkylation sites (tertiary alicyclic amines) is 1. The third-order valence-corrected chi connectivity index (χ3v) is 6.32. The molecule has 2 aromatic rings. The summed E-state index contributed by atoms with van der Waals surface area (Å²) in [5.41, 5.74) is 3.50. The molecule has 1 fully saturated rings. The van der Waals surface area contributed by atoms with Crippen molar-refractivity contribution in [2.45, 2.75) is 44.9 Å². The first-order chi connectivity index (χ1) is 14.2. The van der Waals surface area contributed by atoms with Gasteiger partial charge < -0.3 is 9.64 Å². The second kappa shape index (κ2) is 9.53. The molecule has 0 spiro atoms. The second-order valence-corrected chi connectivity index (χ2v) is 8.29. The number of hydrogen-bond acceptors (Lipinski definition) is 3. The molecule has 3 nitrogen and oxygen atoms in total. The number of piperidine rings is 1. The van der Waals surface area contributed by atoms with Gasteiger partial charge in [0.15, 0.2) is 5.78 Å². The molecule has 0 unspecified atom stereocenters. The minimum atomic E-state index is -0.297. The van der Waals surface area contributed by atoms with E-state index < -0.39 is 0 Å². The number of hydrogen-bond donors (Lipinski definition) is 0. The minimum absolute atomic E-state index is 0.0591. The van der Waals surface area contributed by atoms with Crippen molar-refractivity contribution in [2.24, 2.45) is 5.92 Å². The summed E-state index contributed by atoms with van der Waals surface area (Å²) in [6.07, 6.45) is 7.63. The Hall–Kier alpha value is -2.20. The van der Waals surface area contributed by atoms with Crippen molar-refractivity contribution >= 4 is 5.78 Å². The molecule has 1 aliphatic heterocycles.